The van der Waals surface area contributed by atoms with Gasteiger partial charge in [-0.1, -0.05) is 35.9 Å². The summed E-state index contributed by atoms with van der Waals surface area (Å²) in [6.07, 6.45) is 1.18. The van der Waals surface area contributed by atoms with Crippen molar-refractivity contribution in [2.75, 3.05) is 40.4 Å². The van der Waals surface area contributed by atoms with Crippen LogP contribution in [0, 0.1) is 0 Å². The standard InChI is InChI=1S/C22H27ClN2O3/c1-27-20-9-7-17(15-21(20)28-2)16-24-11-13-25(14-12-24)22(26)10-8-18-5-3-4-6-19(18)23/h3-7,9,15H,8,10-14,16H2,1-2H3. The van der Waals surface area contributed by atoms with Crippen LogP contribution in [-0.2, 0) is 17.8 Å². The van der Waals surface area contributed by atoms with Gasteiger partial charge in [0, 0.05) is 44.2 Å². The molecule has 1 amide bonds. The summed E-state index contributed by atoms with van der Waals surface area (Å²) >= 11 is 6.18. The normalized spacial score (nSPS) is 14.8. The molecule has 0 N–H and O–H groups in total. The third kappa shape index (κ3) is 5.18. The van der Waals surface area contributed by atoms with E-state index in [1.165, 1.54) is 5.56 Å². The van der Waals surface area contributed by atoms with Gasteiger partial charge in [-0.05, 0) is 35.7 Å². The van der Waals surface area contributed by atoms with Crippen LogP contribution in [0.2, 0.25) is 5.02 Å². The number of methoxy groups -OCH3 is 2. The molecule has 0 aromatic heterocycles. The third-order valence-electron chi connectivity index (χ3n) is 5.15. The minimum absolute atomic E-state index is 0.200. The van der Waals surface area contributed by atoms with E-state index in [9.17, 15) is 4.79 Å². The minimum Gasteiger partial charge on any atom is -0.493 e. The first-order valence-electron chi connectivity index (χ1n) is 9.55. The quantitative estimate of drug-likeness (QED) is 0.709. The largest absolute Gasteiger partial charge is 0.493 e. The molecule has 0 unspecified atom stereocenters. The number of amides is 1. The molecule has 0 bridgehead atoms. The van der Waals surface area contributed by atoms with Crippen molar-refractivity contribution < 1.29 is 14.3 Å². The van der Waals surface area contributed by atoms with Crippen LogP contribution in [0.1, 0.15) is 17.5 Å². The van der Waals surface area contributed by atoms with Crippen molar-refractivity contribution in [2.24, 2.45) is 0 Å². The van der Waals surface area contributed by atoms with E-state index < -0.39 is 0 Å². The predicted octanol–water partition coefficient (Wildman–Crippen LogP) is 3.63. The first-order valence-corrected chi connectivity index (χ1v) is 9.93. The molecule has 0 radical (unpaired) electrons. The van der Waals surface area contributed by atoms with Gasteiger partial charge in [0.15, 0.2) is 11.5 Å². The van der Waals surface area contributed by atoms with Crippen molar-refractivity contribution in [1.29, 1.82) is 0 Å². The van der Waals surface area contributed by atoms with Gasteiger partial charge in [0.2, 0.25) is 5.91 Å². The summed E-state index contributed by atoms with van der Waals surface area (Å²) in [6, 6.07) is 13.7. The molecule has 0 atom stereocenters. The summed E-state index contributed by atoms with van der Waals surface area (Å²) in [5, 5.41) is 0.732. The topological polar surface area (TPSA) is 42.0 Å². The lowest BCUT2D eigenvalue weighted by Gasteiger charge is -2.35. The van der Waals surface area contributed by atoms with Crippen LogP contribution >= 0.6 is 11.6 Å². The number of nitrogens with zero attached hydrogens (tertiary/aromatic N) is 2. The van der Waals surface area contributed by atoms with Crippen LogP contribution in [0.15, 0.2) is 42.5 Å². The Morgan fingerprint density at radius 1 is 1.00 bits per heavy atom. The first-order chi connectivity index (χ1) is 13.6. The van der Waals surface area contributed by atoms with Crippen molar-refractivity contribution in [3.63, 3.8) is 0 Å². The molecule has 1 aliphatic heterocycles. The van der Waals surface area contributed by atoms with Gasteiger partial charge in [-0.2, -0.15) is 0 Å². The lowest BCUT2D eigenvalue weighted by Crippen LogP contribution is -2.48. The van der Waals surface area contributed by atoms with Crippen LogP contribution in [0.4, 0.5) is 0 Å². The van der Waals surface area contributed by atoms with Crippen molar-refractivity contribution >= 4 is 17.5 Å². The fraction of sp³-hybridized carbons (Fsp3) is 0.409. The van der Waals surface area contributed by atoms with E-state index in [0.717, 1.165) is 54.8 Å². The number of ether oxygens (including phenoxy) is 2. The molecule has 1 aliphatic rings. The number of rotatable bonds is 7. The Balaban J connectivity index is 1.47. The summed E-state index contributed by atoms with van der Waals surface area (Å²) in [5.74, 6) is 1.68. The Morgan fingerprint density at radius 2 is 1.71 bits per heavy atom. The summed E-state index contributed by atoms with van der Waals surface area (Å²) in [5.41, 5.74) is 2.21. The highest BCUT2D eigenvalue weighted by Gasteiger charge is 2.21. The molecule has 3 rings (SSSR count). The molecule has 5 nitrogen and oxygen atoms in total. The van der Waals surface area contributed by atoms with E-state index >= 15 is 0 Å². The van der Waals surface area contributed by atoms with Gasteiger partial charge >= 0.3 is 0 Å². The summed E-state index contributed by atoms with van der Waals surface area (Å²) in [6.45, 7) is 4.09. The average molecular weight is 403 g/mol. The van der Waals surface area contributed by atoms with E-state index in [1.807, 2.05) is 41.3 Å². The van der Waals surface area contributed by atoms with Gasteiger partial charge in [0.25, 0.3) is 0 Å². The van der Waals surface area contributed by atoms with Gasteiger partial charge < -0.3 is 14.4 Å². The minimum atomic E-state index is 0.200. The summed E-state index contributed by atoms with van der Waals surface area (Å²) in [4.78, 5) is 16.9. The van der Waals surface area contributed by atoms with Gasteiger partial charge in [-0.15, -0.1) is 0 Å². The smallest absolute Gasteiger partial charge is 0.222 e. The molecular weight excluding hydrogens is 376 g/mol. The molecule has 0 spiro atoms. The van der Waals surface area contributed by atoms with Crippen LogP contribution in [0.25, 0.3) is 0 Å². The zero-order chi connectivity index (χ0) is 19.9. The second kappa shape index (κ2) is 9.80. The molecule has 2 aromatic rings. The van der Waals surface area contributed by atoms with E-state index in [4.69, 9.17) is 21.1 Å². The Morgan fingerprint density at radius 3 is 2.39 bits per heavy atom. The van der Waals surface area contributed by atoms with Crippen LogP contribution in [-0.4, -0.2) is 56.1 Å². The number of hydrogen-bond acceptors (Lipinski definition) is 4. The number of hydrogen-bond donors (Lipinski definition) is 0. The van der Waals surface area contributed by atoms with E-state index in [2.05, 4.69) is 11.0 Å². The highest BCUT2D eigenvalue weighted by molar-refractivity contribution is 6.31. The number of halogens is 1. The zero-order valence-corrected chi connectivity index (χ0v) is 17.2. The van der Waals surface area contributed by atoms with Crippen LogP contribution < -0.4 is 9.47 Å². The lowest BCUT2D eigenvalue weighted by molar-refractivity contribution is -0.133. The molecular formula is C22H27ClN2O3. The number of carbonyl (C=O) groups is 1. The van der Waals surface area contributed by atoms with Gasteiger partial charge in [-0.3, -0.25) is 9.69 Å². The average Bonchev–Trinajstić information content (AvgIpc) is 2.73. The monoisotopic (exact) mass is 402 g/mol. The lowest BCUT2D eigenvalue weighted by atomic mass is 10.1. The second-order valence-corrected chi connectivity index (χ2v) is 7.34. The first kappa shape index (κ1) is 20.5. The van der Waals surface area contributed by atoms with Crippen LogP contribution in [0.3, 0.4) is 0 Å². The molecule has 0 aliphatic carbocycles. The Labute approximate surface area is 171 Å². The molecule has 1 fully saturated rings. The Hall–Kier alpha value is -2.24. The summed E-state index contributed by atoms with van der Waals surface area (Å²) in [7, 11) is 3.29. The molecule has 28 heavy (non-hydrogen) atoms. The number of aryl methyl sites for hydroxylation is 1. The molecule has 2 aromatic carbocycles. The van der Waals surface area contributed by atoms with Crippen molar-refractivity contribution in [1.82, 2.24) is 9.80 Å². The fourth-order valence-electron chi connectivity index (χ4n) is 3.49. The van der Waals surface area contributed by atoms with Gasteiger partial charge in [0.05, 0.1) is 14.2 Å². The highest BCUT2D eigenvalue weighted by atomic mass is 35.5. The van der Waals surface area contributed by atoms with Gasteiger partial charge in [-0.25, -0.2) is 0 Å². The molecule has 0 saturated carbocycles. The molecule has 1 heterocycles. The maximum atomic E-state index is 12.5. The SMILES string of the molecule is COc1ccc(CN2CCN(C(=O)CCc3ccccc3Cl)CC2)cc1OC. The maximum Gasteiger partial charge on any atom is 0.222 e. The highest BCUT2D eigenvalue weighted by Crippen LogP contribution is 2.28. The van der Waals surface area contributed by atoms with Gasteiger partial charge in [0.1, 0.15) is 0 Å². The van der Waals surface area contributed by atoms with Crippen LogP contribution in [0.5, 0.6) is 11.5 Å². The molecule has 1 saturated heterocycles. The summed E-state index contributed by atoms with van der Waals surface area (Å²) < 4.78 is 10.7. The number of piperazine rings is 1. The van der Waals surface area contributed by atoms with E-state index in [1.54, 1.807) is 14.2 Å². The number of benzene rings is 2. The van der Waals surface area contributed by atoms with Crippen molar-refractivity contribution in [3.8, 4) is 11.5 Å². The third-order valence-corrected chi connectivity index (χ3v) is 5.51. The Bertz CT molecular complexity index is 804. The fourth-order valence-corrected chi connectivity index (χ4v) is 3.72. The van der Waals surface area contributed by atoms with E-state index in [0.29, 0.717) is 12.8 Å². The molecule has 150 valence electrons. The Kier molecular flexibility index (Phi) is 7.18. The van der Waals surface area contributed by atoms with Crippen molar-refractivity contribution in [2.45, 2.75) is 19.4 Å². The van der Waals surface area contributed by atoms with Crippen molar-refractivity contribution in [3.05, 3.63) is 58.6 Å². The van der Waals surface area contributed by atoms with E-state index in [-0.39, 0.29) is 5.91 Å². The zero-order valence-electron chi connectivity index (χ0n) is 16.5. The molecule has 6 heteroatoms. The second-order valence-electron chi connectivity index (χ2n) is 6.94. The number of carbonyl (C=O) groups excluding carboxylic acids is 1. The predicted molar refractivity (Wildman–Crippen MR) is 111 cm³/mol. The maximum absolute atomic E-state index is 12.5.